The number of aromatic nitrogens is 2. The molecule has 0 spiro atoms. The lowest BCUT2D eigenvalue weighted by atomic mass is 9.81. The van der Waals surface area contributed by atoms with Crippen molar-refractivity contribution in [1.29, 1.82) is 0 Å². The predicted octanol–water partition coefficient (Wildman–Crippen LogP) is 14.1. The van der Waals surface area contributed by atoms with E-state index in [2.05, 4.69) is 190 Å². The number of nitrogens with zero attached hydrogens (tertiary/aromatic N) is 2. The third-order valence-corrected chi connectivity index (χ3v) is 11.8. The molecule has 2 nitrogen and oxygen atoms in total. The minimum absolute atomic E-state index is 0.110. The summed E-state index contributed by atoms with van der Waals surface area (Å²) in [5.41, 5.74) is 12.7. The lowest BCUT2D eigenvalue weighted by Gasteiger charge is -2.22. The van der Waals surface area contributed by atoms with Crippen LogP contribution >= 0.6 is 0 Å². The Balaban J connectivity index is 1.14. The van der Waals surface area contributed by atoms with Crippen molar-refractivity contribution in [2.45, 2.75) is 19.3 Å². The van der Waals surface area contributed by atoms with Crippen molar-refractivity contribution < 1.29 is 0 Å². The molecule has 0 aliphatic heterocycles. The van der Waals surface area contributed by atoms with Crippen LogP contribution in [0.25, 0.3) is 99.2 Å². The van der Waals surface area contributed by atoms with E-state index < -0.39 is 0 Å². The van der Waals surface area contributed by atoms with Gasteiger partial charge in [-0.2, -0.15) is 0 Å². The summed E-state index contributed by atoms with van der Waals surface area (Å²) in [6.45, 7) is 4.72. The molecule has 258 valence electrons. The molecule has 0 saturated carbocycles. The van der Waals surface area contributed by atoms with Gasteiger partial charge in [0.2, 0.25) is 0 Å². The van der Waals surface area contributed by atoms with Gasteiger partial charge in [0.25, 0.3) is 0 Å². The molecule has 1 aliphatic carbocycles. The van der Waals surface area contributed by atoms with Crippen molar-refractivity contribution in [3.8, 4) is 56.2 Å². The Labute approximate surface area is 320 Å². The normalized spacial score (nSPS) is 13.1. The van der Waals surface area contributed by atoms with Gasteiger partial charge < -0.3 is 0 Å². The second-order valence-corrected chi connectivity index (χ2v) is 15.4. The Hall–Kier alpha value is -6.90. The number of benzene rings is 9. The highest BCUT2D eigenvalue weighted by Crippen LogP contribution is 2.53. The van der Waals surface area contributed by atoms with E-state index in [0.717, 1.165) is 28.1 Å². The van der Waals surface area contributed by atoms with E-state index in [-0.39, 0.29) is 5.41 Å². The summed E-state index contributed by atoms with van der Waals surface area (Å²) in [5.74, 6) is 0.712. The number of hydrogen-bond donors (Lipinski definition) is 0. The highest BCUT2D eigenvalue weighted by atomic mass is 14.9. The molecule has 0 saturated heterocycles. The average Bonchev–Trinajstić information content (AvgIpc) is 3.47. The molecule has 0 unspecified atom stereocenters. The van der Waals surface area contributed by atoms with Crippen LogP contribution in [-0.2, 0) is 5.41 Å². The second kappa shape index (κ2) is 12.1. The predicted molar refractivity (Wildman–Crippen MR) is 231 cm³/mol. The quantitative estimate of drug-likeness (QED) is 0.135. The summed E-state index contributed by atoms with van der Waals surface area (Å²) in [6, 6.07) is 66.0. The first-order valence-electron chi connectivity index (χ1n) is 19.1. The van der Waals surface area contributed by atoms with Crippen molar-refractivity contribution in [2.24, 2.45) is 0 Å². The first-order valence-corrected chi connectivity index (χ1v) is 19.1. The van der Waals surface area contributed by atoms with Gasteiger partial charge in [0.05, 0.1) is 11.4 Å². The van der Waals surface area contributed by atoms with Crippen LogP contribution in [0, 0.1) is 0 Å². The highest BCUT2D eigenvalue weighted by molar-refractivity contribution is 6.20. The van der Waals surface area contributed by atoms with Crippen LogP contribution in [0.1, 0.15) is 25.0 Å². The molecule has 1 heterocycles. The number of rotatable bonds is 4. The fourth-order valence-electron chi connectivity index (χ4n) is 9.09. The van der Waals surface area contributed by atoms with E-state index in [4.69, 9.17) is 9.97 Å². The van der Waals surface area contributed by atoms with Gasteiger partial charge in [0.1, 0.15) is 0 Å². The molecule has 10 aromatic rings. The van der Waals surface area contributed by atoms with Crippen molar-refractivity contribution in [1.82, 2.24) is 9.97 Å². The molecule has 0 bridgehead atoms. The van der Waals surface area contributed by atoms with Crippen molar-refractivity contribution in [2.75, 3.05) is 0 Å². The average molecular weight is 701 g/mol. The summed E-state index contributed by atoms with van der Waals surface area (Å²) < 4.78 is 0. The topological polar surface area (TPSA) is 25.8 Å². The van der Waals surface area contributed by atoms with E-state index in [1.807, 2.05) is 6.07 Å². The molecule has 0 radical (unpaired) electrons. The van der Waals surface area contributed by atoms with Crippen LogP contribution < -0.4 is 0 Å². The molecule has 1 aliphatic rings. The zero-order valence-corrected chi connectivity index (χ0v) is 30.7. The highest BCUT2D eigenvalue weighted by Gasteiger charge is 2.37. The summed E-state index contributed by atoms with van der Waals surface area (Å²) in [4.78, 5) is 10.7. The fourth-order valence-corrected chi connectivity index (χ4v) is 9.09. The van der Waals surface area contributed by atoms with Crippen molar-refractivity contribution in [3.63, 3.8) is 0 Å². The zero-order chi connectivity index (χ0) is 36.7. The molecule has 11 rings (SSSR count). The van der Waals surface area contributed by atoms with Crippen molar-refractivity contribution >= 4 is 43.1 Å². The van der Waals surface area contributed by atoms with Gasteiger partial charge in [-0.15, -0.1) is 0 Å². The van der Waals surface area contributed by atoms with Gasteiger partial charge in [0.15, 0.2) is 5.82 Å². The Kier molecular flexibility index (Phi) is 6.93. The summed E-state index contributed by atoms with van der Waals surface area (Å²) >= 11 is 0. The summed E-state index contributed by atoms with van der Waals surface area (Å²) in [5, 5.41) is 9.80. The van der Waals surface area contributed by atoms with E-state index in [1.54, 1.807) is 0 Å². The van der Waals surface area contributed by atoms with E-state index in [0.29, 0.717) is 5.82 Å². The maximum absolute atomic E-state index is 5.36. The van der Waals surface area contributed by atoms with Crippen LogP contribution in [0.3, 0.4) is 0 Å². The minimum atomic E-state index is -0.110. The largest absolute Gasteiger partial charge is 0.228 e. The van der Waals surface area contributed by atoms with Crippen molar-refractivity contribution in [3.05, 3.63) is 193 Å². The van der Waals surface area contributed by atoms with Crippen LogP contribution in [0.15, 0.2) is 182 Å². The first-order chi connectivity index (χ1) is 27.0. The van der Waals surface area contributed by atoms with E-state index >= 15 is 0 Å². The Morgan fingerprint density at radius 3 is 1.84 bits per heavy atom. The molecule has 0 fully saturated rings. The summed E-state index contributed by atoms with van der Waals surface area (Å²) in [6.07, 6.45) is 0. The number of fused-ring (bicyclic) bond motifs is 8. The maximum Gasteiger partial charge on any atom is 0.160 e. The number of hydrogen-bond acceptors (Lipinski definition) is 2. The van der Waals surface area contributed by atoms with Gasteiger partial charge in [-0.3, -0.25) is 0 Å². The monoisotopic (exact) mass is 700 g/mol. The third-order valence-electron chi connectivity index (χ3n) is 11.8. The molecule has 9 aromatic carbocycles. The smallest absolute Gasteiger partial charge is 0.160 e. The Morgan fingerprint density at radius 1 is 0.345 bits per heavy atom. The van der Waals surface area contributed by atoms with Crippen LogP contribution in [0.2, 0.25) is 0 Å². The molecular weight excluding hydrogens is 665 g/mol. The van der Waals surface area contributed by atoms with Gasteiger partial charge in [-0.05, 0) is 107 Å². The Bertz CT molecular complexity index is 3170. The van der Waals surface area contributed by atoms with Crippen LogP contribution in [0.4, 0.5) is 0 Å². The minimum Gasteiger partial charge on any atom is -0.228 e. The molecule has 1 aromatic heterocycles. The lowest BCUT2D eigenvalue weighted by Crippen LogP contribution is -2.14. The maximum atomic E-state index is 5.36. The lowest BCUT2D eigenvalue weighted by molar-refractivity contribution is 0.661. The fraction of sp³-hybridized carbons (Fsp3) is 0.0566. The standard InChI is InChI=1S/C53H36N2/c1-53(2)46-25-13-24-41(50(46)45-29-35-17-6-7-18-36(35)31-47(45)53)37-20-12-21-39(28-37)48-32-49(55-52(54-48)34-15-4-3-5-16-34)51-42-23-11-9-19-38(42)30-44-40-22-10-8-14-33(40)26-27-43(44)51/h3-32H,1-2H3. The zero-order valence-electron chi connectivity index (χ0n) is 30.7. The molecule has 0 amide bonds. The molecule has 0 N–H and O–H groups in total. The first kappa shape index (κ1) is 31.6. The SMILES string of the molecule is CC1(C)c2cc3ccccc3cc2-c2c(-c3cccc(-c4cc(-c5c6ccccc6cc6c5ccc5ccccc56)nc(-c5ccccc5)n4)c3)cccc21. The molecule has 2 heteroatoms. The van der Waals surface area contributed by atoms with Gasteiger partial charge in [-0.25, -0.2) is 9.97 Å². The van der Waals surface area contributed by atoms with E-state index in [1.165, 1.54) is 76.5 Å². The van der Waals surface area contributed by atoms with Gasteiger partial charge >= 0.3 is 0 Å². The van der Waals surface area contributed by atoms with Gasteiger partial charge in [0, 0.05) is 22.1 Å². The summed E-state index contributed by atoms with van der Waals surface area (Å²) in [7, 11) is 0. The molecule has 55 heavy (non-hydrogen) atoms. The van der Waals surface area contributed by atoms with Crippen LogP contribution in [-0.4, -0.2) is 9.97 Å². The molecular formula is C53H36N2. The van der Waals surface area contributed by atoms with E-state index in [9.17, 15) is 0 Å². The second-order valence-electron chi connectivity index (χ2n) is 15.4. The van der Waals surface area contributed by atoms with Gasteiger partial charge in [-0.1, -0.05) is 166 Å². The van der Waals surface area contributed by atoms with Crippen LogP contribution in [0.5, 0.6) is 0 Å². The Morgan fingerprint density at radius 2 is 1.00 bits per heavy atom. The molecule has 0 atom stereocenters. The third kappa shape index (κ3) is 4.95.